The smallest absolute Gasteiger partial charge is 0.119 e. The molecular weight excluding hydrogens is 410 g/mol. The summed E-state index contributed by atoms with van der Waals surface area (Å²) in [5, 5.41) is 11.5. The molecule has 5 nitrogen and oxygen atoms in total. The number of nitrogens with two attached hydrogens (primary N) is 1. The number of aliphatic hydroxyl groups is 1. The highest BCUT2D eigenvalue weighted by Gasteiger charge is 2.33. The van der Waals surface area contributed by atoms with Crippen molar-refractivity contribution in [2.75, 3.05) is 33.4 Å². The Kier molecular flexibility index (Phi) is 8.61. The van der Waals surface area contributed by atoms with Gasteiger partial charge in [0, 0.05) is 24.7 Å². The van der Waals surface area contributed by atoms with Crippen LogP contribution in [-0.4, -0.2) is 48.3 Å². The van der Waals surface area contributed by atoms with E-state index < -0.39 is 0 Å². The quantitative estimate of drug-likeness (QED) is 0.525. The van der Waals surface area contributed by atoms with Gasteiger partial charge in [-0.1, -0.05) is 32.1 Å². The molecule has 1 aliphatic heterocycles. The largest absolute Gasteiger partial charge is 0.497 e. The predicted octanol–water partition coefficient (Wildman–Crippen LogP) is 5.07. The first-order chi connectivity index (χ1) is 16.2. The van der Waals surface area contributed by atoms with E-state index in [0.29, 0.717) is 13.2 Å². The van der Waals surface area contributed by atoms with Crippen LogP contribution in [0.15, 0.2) is 24.4 Å². The van der Waals surface area contributed by atoms with Crippen LogP contribution in [-0.2, 0) is 13.0 Å². The molecule has 1 aromatic carbocycles. The molecule has 4 rings (SSSR count). The van der Waals surface area contributed by atoms with Crippen LogP contribution in [0, 0.1) is 11.3 Å². The lowest BCUT2D eigenvalue weighted by atomic mass is 9.74. The molecule has 1 saturated carbocycles. The molecule has 182 valence electrons. The average Bonchev–Trinajstić information content (AvgIpc) is 2.88. The molecule has 0 bridgehead atoms. The van der Waals surface area contributed by atoms with Gasteiger partial charge in [0.25, 0.3) is 0 Å². The Morgan fingerprint density at radius 2 is 1.97 bits per heavy atom. The zero-order valence-corrected chi connectivity index (χ0v) is 20.5. The van der Waals surface area contributed by atoms with Crippen molar-refractivity contribution in [1.29, 1.82) is 0 Å². The summed E-state index contributed by atoms with van der Waals surface area (Å²) in [5.74, 6) is 1.81. The minimum absolute atomic E-state index is 0.0741. The molecule has 33 heavy (non-hydrogen) atoms. The summed E-state index contributed by atoms with van der Waals surface area (Å²) < 4.78 is 5.46. The number of aryl methyl sites for hydroxylation is 1. The number of rotatable bonds is 10. The highest BCUT2D eigenvalue weighted by molar-refractivity contribution is 5.84. The van der Waals surface area contributed by atoms with Crippen molar-refractivity contribution >= 4 is 10.9 Å². The van der Waals surface area contributed by atoms with E-state index >= 15 is 0 Å². The molecule has 1 saturated heterocycles. The highest BCUT2D eigenvalue weighted by atomic mass is 16.5. The Bertz CT molecular complexity index is 881. The zero-order valence-electron chi connectivity index (χ0n) is 20.5. The first-order valence-electron chi connectivity index (χ1n) is 13.1. The van der Waals surface area contributed by atoms with E-state index in [4.69, 9.17) is 10.5 Å². The molecule has 5 heteroatoms. The molecule has 0 amide bonds. The Hall–Kier alpha value is -1.69. The van der Waals surface area contributed by atoms with Crippen molar-refractivity contribution in [3.63, 3.8) is 0 Å². The van der Waals surface area contributed by atoms with Gasteiger partial charge in [-0.15, -0.1) is 0 Å². The van der Waals surface area contributed by atoms with E-state index in [1.165, 1.54) is 50.6 Å². The lowest BCUT2D eigenvalue weighted by Gasteiger charge is -2.41. The van der Waals surface area contributed by atoms with Crippen LogP contribution in [0.4, 0.5) is 0 Å². The van der Waals surface area contributed by atoms with Crippen LogP contribution in [0.3, 0.4) is 0 Å². The number of aliphatic hydroxyl groups excluding tert-OH is 1. The highest BCUT2D eigenvalue weighted by Crippen LogP contribution is 2.37. The fraction of sp³-hybridized carbons (Fsp3) is 0.679. The first kappa shape index (κ1) is 24.4. The second kappa shape index (κ2) is 11.6. The summed E-state index contributed by atoms with van der Waals surface area (Å²) in [6.07, 6.45) is 15.8. The maximum Gasteiger partial charge on any atom is 0.119 e. The molecule has 0 atom stereocenters. The Labute approximate surface area is 199 Å². The number of pyridine rings is 1. The summed E-state index contributed by atoms with van der Waals surface area (Å²) in [6.45, 7) is 4.32. The third-order valence-electron chi connectivity index (χ3n) is 8.46. The predicted molar refractivity (Wildman–Crippen MR) is 136 cm³/mol. The second-order valence-electron chi connectivity index (χ2n) is 10.5. The van der Waals surface area contributed by atoms with E-state index in [0.717, 1.165) is 73.3 Å². The molecule has 3 N–H and O–H groups in total. The van der Waals surface area contributed by atoms with Crippen LogP contribution in [0.1, 0.15) is 75.3 Å². The van der Waals surface area contributed by atoms with Crippen molar-refractivity contribution in [3.05, 3.63) is 35.5 Å². The van der Waals surface area contributed by atoms with Crippen LogP contribution in [0.5, 0.6) is 5.75 Å². The van der Waals surface area contributed by atoms with E-state index in [1.54, 1.807) is 7.11 Å². The normalized spacial score (nSPS) is 19.7. The number of fused-ring (bicyclic) bond motifs is 1. The standard InChI is InChI=1S/C28H43N3O2/c1-33-24-9-10-27-26(18-24)25(23(19-29)20-30-27)8-5-12-28(21-32)13-16-31(17-14-28)15-11-22-6-3-2-4-7-22/h9-10,18,20,22,32H,2-8,11-17,19,21,29H2,1H3. The molecule has 2 fully saturated rings. The van der Waals surface area contributed by atoms with Gasteiger partial charge in [0.05, 0.1) is 12.6 Å². The van der Waals surface area contributed by atoms with Gasteiger partial charge in [-0.2, -0.15) is 0 Å². The van der Waals surface area contributed by atoms with Gasteiger partial charge in [0.2, 0.25) is 0 Å². The number of methoxy groups -OCH3 is 1. The summed E-state index contributed by atoms with van der Waals surface area (Å²) in [4.78, 5) is 7.24. The number of hydrogen-bond acceptors (Lipinski definition) is 5. The van der Waals surface area contributed by atoms with Gasteiger partial charge in [0.15, 0.2) is 0 Å². The molecule has 1 aromatic heterocycles. The Balaban J connectivity index is 1.33. The first-order valence-corrected chi connectivity index (χ1v) is 13.1. The fourth-order valence-electron chi connectivity index (χ4n) is 6.09. The summed E-state index contributed by atoms with van der Waals surface area (Å²) in [5.41, 5.74) is 9.53. The third-order valence-corrected chi connectivity index (χ3v) is 8.46. The topological polar surface area (TPSA) is 71.6 Å². The van der Waals surface area contributed by atoms with Gasteiger partial charge < -0.3 is 20.5 Å². The van der Waals surface area contributed by atoms with Crippen LogP contribution in [0.25, 0.3) is 10.9 Å². The lowest BCUT2D eigenvalue weighted by Crippen LogP contribution is -2.42. The van der Waals surface area contributed by atoms with Crippen molar-refractivity contribution < 1.29 is 9.84 Å². The maximum absolute atomic E-state index is 10.3. The molecule has 2 aliphatic rings. The van der Waals surface area contributed by atoms with Crippen LogP contribution >= 0.6 is 0 Å². The SMILES string of the molecule is COc1ccc2ncc(CN)c(CCCC3(CO)CCN(CCC4CCCCC4)CC3)c2c1. The number of likely N-dealkylation sites (tertiary alicyclic amines) is 1. The lowest BCUT2D eigenvalue weighted by molar-refractivity contribution is 0.0333. The number of ether oxygens (including phenoxy) is 1. The molecular formula is C28H43N3O2. The van der Waals surface area contributed by atoms with Crippen molar-refractivity contribution in [2.24, 2.45) is 17.1 Å². The summed E-state index contributed by atoms with van der Waals surface area (Å²) in [7, 11) is 1.70. The van der Waals surface area contributed by atoms with Crippen molar-refractivity contribution in [3.8, 4) is 5.75 Å². The zero-order chi connectivity index (χ0) is 23.1. The van der Waals surface area contributed by atoms with Gasteiger partial charge in [-0.25, -0.2) is 0 Å². The van der Waals surface area contributed by atoms with E-state index in [-0.39, 0.29) is 5.41 Å². The fourth-order valence-corrected chi connectivity index (χ4v) is 6.09. The van der Waals surface area contributed by atoms with E-state index in [1.807, 2.05) is 18.3 Å². The van der Waals surface area contributed by atoms with Gasteiger partial charge in [-0.3, -0.25) is 4.98 Å². The minimum Gasteiger partial charge on any atom is -0.497 e. The van der Waals surface area contributed by atoms with E-state index in [2.05, 4.69) is 16.0 Å². The summed E-state index contributed by atoms with van der Waals surface area (Å²) >= 11 is 0. The van der Waals surface area contributed by atoms with E-state index in [9.17, 15) is 5.11 Å². The van der Waals surface area contributed by atoms with Gasteiger partial charge in [0.1, 0.15) is 5.75 Å². The number of benzene rings is 1. The molecule has 0 spiro atoms. The Morgan fingerprint density at radius 3 is 2.67 bits per heavy atom. The number of aromatic nitrogens is 1. The van der Waals surface area contributed by atoms with Crippen molar-refractivity contribution in [1.82, 2.24) is 9.88 Å². The molecule has 2 heterocycles. The monoisotopic (exact) mass is 453 g/mol. The van der Waals surface area contributed by atoms with Gasteiger partial charge >= 0.3 is 0 Å². The number of nitrogens with zero attached hydrogens (tertiary/aromatic N) is 2. The number of hydrogen-bond donors (Lipinski definition) is 2. The average molecular weight is 454 g/mol. The van der Waals surface area contributed by atoms with Crippen molar-refractivity contribution in [2.45, 2.75) is 77.2 Å². The molecule has 0 unspecified atom stereocenters. The maximum atomic E-state index is 10.3. The molecule has 2 aromatic rings. The minimum atomic E-state index is 0.0741. The summed E-state index contributed by atoms with van der Waals surface area (Å²) in [6, 6.07) is 6.07. The molecule has 0 radical (unpaired) electrons. The Morgan fingerprint density at radius 1 is 1.18 bits per heavy atom. The van der Waals surface area contributed by atoms with Crippen LogP contribution < -0.4 is 10.5 Å². The third kappa shape index (κ3) is 6.06. The molecule has 1 aliphatic carbocycles. The van der Waals surface area contributed by atoms with Gasteiger partial charge in [-0.05, 0) is 98.8 Å². The second-order valence-corrected chi connectivity index (χ2v) is 10.5. The van der Waals surface area contributed by atoms with Crippen LogP contribution in [0.2, 0.25) is 0 Å². The number of piperidine rings is 1.